The topological polar surface area (TPSA) is 64.9 Å². The molecular formula is C13H14FN3OS. The standard InChI is InChI=1S/C13H14FN3OS/c14-9-2-4-10(5-3-9)19-8-11-16-12(17-18-11)13(15)6-1-7-13/h2-5H,1,6-8,15H2. The molecule has 1 aromatic carbocycles. The average Bonchev–Trinajstić information content (AvgIpc) is 2.84. The number of nitrogens with two attached hydrogens (primary N) is 1. The summed E-state index contributed by atoms with van der Waals surface area (Å²) in [5, 5.41) is 3.95. The zero-order valence-corrected chi connectivity index (χ0v) is 11.1. The first-order valence-electron chi connectivity index (χ1n) is 6.16. The summed E-state index contributed by atoms with van der Waals surface area (Å²) >= 11 is 1.53. The second-order valence-electron chi connectivity index (χ2n) is 4.76. The first-order valence-corrected chi connectivity index (χ1v) is 7.15. The molecule has 1 saturated carbocycles. The van der Waals surface area contributed by atoms with Crippen molar-refractivity contribution in [3.05, 3.63) is 41.8 Å². The number of benzene rings is 1. The molecule has 1 aromatic heterocycles. The summed E-state index contributed by atoms with van der Waals surface area (Å²) in [6.07, 6.45) is 2.94. The lowest BCUT2D eigenvalue weighted by atomic mass is 9.77. The van der Waals surface area contributed by atoms with Crippen LogP contribution in [0.3, 0.4) is 0 Å². The van der Waals surface area contributed by atoms with Crippen molar-refractivity contribution in [3.8, 4) is 0 Å². The van der Waals surface area contributed by atoms with E-state index in [4.69, 9.17) is 10.3 Å². The number of nitrogens with zero attached hydrogens (tertiary/aromatic N) is 2. The third kappa shape index (κ3) is 2.64. The molecule has 0 unspecified atom stereocenters. The van der Waals surface area contributed by atoms with E-state index < -0.39 is 0 Å². The molecule has 0 spiro atoms. The fraction of sp³-hybridized carbons (Fsp3) is 0.385. The minimum absolute atomic E-state index is 0.237. The van der Waals surface area contributed by atoms with Crippen molar-refractivity contribution in [2.24, 2.45) is 5.73 Å². The number of hydrogen-bond acceptors (Lipinski definition) is 5. The summed E-state index contributed by atoms with van der Waals surface area (Å²) in [4.78, 5) is 5.30. The maximum Gasteiger partial charge on any atom is 0.237 e. The van der Waals surface area contributed by atoms with E-state index in [1.165, 1.54) is 23.9 Å². The average molecular weight is 279 g/mol. The molecule has 19 heavy (non-hydrogen) atoms. The summed E-state index contributed by atoms with van der Waals surface area (Å²) < 4.78 is 18.0. The summed E-state index contributed by atoms with van der Waals surface area (Å²) in [5.74, 6) is 1.49. The number of hydrogen-bond donors (Lipinski definition) is 1. The molecule has 2 N–H and O–H groups in total. The lowest BCUT2D eigenvalue weighted by molar-refractivity contribution is 0.229. The van der Waals surface area contributed by atoms with Gasteiger partial charge in [-0.1, -0.05) is 5.16 Å². The zero-order chi connectivity index (χ0) is 13.3. The molecule has 0 saturated heterocycles. The molecule has 100 valence electrons. The summed E-state index contributed by atoms with van der Waals surface area (Å²) in [5.41, 5.74) is 5.74. The van der Waals surface area contributed by atoms with Crippen molar-refractivity contribution in [2.75, 3.05) is 0 Å². The van der Waals surface area contributed by atoms with Crippen LogP contribution in [-0.2, 0) is 11.3 Å². The summed E-state index contributed by atoms with van der Waals surface area (Å²) in [6, 6.07) is 6.33. The van der Waals surface area contributed by atoms with Gasteiger partial charge in [0.2, 0.25) is 5.89 Å². The SMILES string of the molecule is NC1(c2noc(CSc3ccc(F)cc3)n2)CCC1. The van der Waals surface area contributed by atoms with Gasteiger partial charge in [-0.2, -0.15) is 4.98 Å². The quantitative estimate of drug-likeness (QED) is 0.872. The number of rotatable bonds is 4. The third-order valence-corrected chi connectivity index (χ3v) is 4.33. The predicted molar refractivity (Wildman–Crippen MR) is 70.0 cm³/mol. The monoisotopic (exact) mass is 279 g/mol. The van der Waals surface area contributed by atoms with Gasteiger partial charge in [0.05, 0.1) is 11.3 Å². The fourth-order valence-electron chi connectivity index (χ4n) is 1.97. The molecule has 0 radical (unpaired) electrons. The fourth-order valence-corrected chi connectivity index (χ4v) is 2.71. The third-order valence-electron chi connectivity index (χ3n) is 3.34. The minimum Gasteiger partial charge on any atom is -0.338 e. The first-order chi connectivity index (χ1) is 9.16. The Labute approximate surface area is 114 Å². The lowest BCUT2D eigenvalue weighted by Gasteiger charge is -2.34. The van der Waals surface area contributed by atoms with Gasteiger partial charge in [-0.05, 0) is 43.5 Å². The van der Waals surface area contributed by atoms with E-state index in [9.17, 15) is 4.39 Å². The van der Waals surface area contributed by atoms with E-state index in [1.54, 1.807) is 12.1 Å². The van der Waals surface area contributed by atoms with Gasteiger partial charge in [0, 0.05) is 4.90 Å². The number of aromatic nitrogens is 2. The van der Waals surface area contributed by atoms with Crippen LogP contribution in [0.4, 0.5) is 4.39 Å². The van der Waals surface area contributed by atoms with Gasteiger partial charge in [-0.15, -0.1) is 11.8 Å². The van der Waals surface area contributed by atoms with Crippen LogP contribution >= 0.6 is 11.8 Å². The molecule has 1 aliphatic rings. The van der Waals surface area contributed by atoms with Crippen molar-refractivity contribution in [3.63, 3.8) is 0 Å². The molecule has 0 atom stereocenters. The van der Waals surface area contributed by atoms with Gasteiger partial charge < -0.3 is 10.3 Å². The van der Waals surface area contributed by atoms with Crippen LogP contribution in [0.1, 0.15) is 31.0 Å². The normalized spacial score (nSPS) is 17.2. The van der Waals surface area contributed by atoms with Crippen molar-refractivity contribution in [1.82, 2.24) is 10.1 Å². The van der Waals surface area contributed by atoms with Crippen LogP contribution in [0.5, 0.6) is 0 Å². The van der Waals surface area contributed by atoms with Crippen LogP contribution in [0.25, 0.3) is 0 Å². The highest BCUT2D eigenvalue weighted by molar-refractivity contribution is 7.98. The Morgan fingerprint density at radius 3 is 2.68 bits per heavy atom. The highest BCUT2D eigenvalue weighted by Crippen LogP contribution is 2.37. The van der Waals surface area contributed by atoms with Gasteiger partial charge in [-0.3, -0.25) is 0 Å². The molecule has 0 bridgehead atoms. The molecule has 6 heteroatoms. The van der Waals surface area contributed by atoms with Gasteiger partial charge in [0.1, 0.15) is 5.82 Å². The first kappa shape index (κ1) is 12.6. The van der Waals surface area contributed by atoms with Crippen molar-refractivity contribution < 1.29 is 8.91 Å². The Hall–Kier alpha value is -1.40. The maximum atomic E-state index is 12.8. The van der Waals surface area contributed by atoms with E-state index in [2.05, 4.69) is 10.1 Å². The van der Waals surface area contributed by atoms with Crippen LogP contribution in [-0.4, -0.2) is 10.1 Å². The van der Waals surface area contributed by atoms with E-state index in [0.29, 0.717) is 17.5 Å². The van der Waals surface area contributed by atoms with Crippen molar-refractivity contribution >= 4 is 11.8 Å². The molecule has 1 heterocycles. The highest BCUT2D eigenvalue weighted by Gasteiger charge is 2.38. The Morgan fingerprint density at radius 2 is 2.05 bits per heavy atom. The minimum atomic E-state index is -0.387. The Kier molecular flexibility index (Phi) is 3.28. The van der Waals surface area contributed by atoms with Gasteiger partial charge >= 0.3 is 0 Å². The second kappa shape index (κ2) is 4.94. The molecule has 0 amide bonds. The predicted octanol–water partition coefficient (Wildman–Crippen LogP) is 2.84. The molecule has 3 rings (SSSR count). The van der Waals surface area contributed by atoms with Crippen LogP contribution in [0.2, 0.25) is 0 Å². The van der Waals surface area contributed by atoms with Crippen molar-refractivity contribution in [1.29, 1.82) is 0 Å². The van der Waals surface area contributed by atoms with E-state index in [0.717, 1.165) is 24.2 Å². The van der Waals surface area contributed by atoms with Gasteiger partial charge in [0.25, 0.3) is 0 Å². The van der Waals surface area contributed by atoms with Gasteiger partial charge in [0.15, 0.2) is 5.82 Å². The van der Waals surface area contributed by atoms with Gasteiger partial charge in [-0.25, -0.2) is 4.39 Å². The van der Waals surface area contributed by atoms with Crippen LogP contribution < -0.4 is 5.73 Å². The smallest absolute Gasteiger partial charge is 0.237 e. The highest BCUT2D eigenvalue weighted by atomic mass is 32.2. The van der Waals surface area contributed by atoms with E-state index in [1.807, 2.05) is 0 Å². The Morgan fingerprint density at radius 1 is 1.32 bits per heavy atom. The summed E-state index contributed by atoms with van der Waals surface area (Å²) in [6.45, 7) is 0. The molecule has 0 aliphatic heterocycles. The van der Waals surface area contributed by atoms with Crippen molar-refractivity contribution in [2.45, 2.75) is 35.4 Å². The van der Waals surface area contributed by atoms with E-state index >= 15 is 0 Å². The van der Waals surface area contributed by atoms with Crippen LogP contribution in [0, 0.1) is 5.82 Å². The summed E-state index contributed by atoms with van der Waals surface area (Å²) in [7, 11) is 0. The Bertz CT molecular complexity index is 566. The molecular weight excluding hydrogens is 265 g/mol. The number of thioether (sulfide) groups is 1. The molecule has 4 nitrogen and oxygen atoms in total. The molecule has 1 fully saturated rings. The second-order valence-corrected chi connectivity index (χ2v) is 5.81. The maximum absolute atomic E-state index is 12.8. The largest absolute Gasteiger partial charge is 0.338 e. The molecule has 2 aromatic rings. The van der Waals surface area contributed by atoms with E-state index in [-0.39, 0.29) is 11.4 Å². The number of halogens is 1. The Balaban J connectivity index is 1.63. The zero-order valence-electron chi connectivity index (χ0n) is 10.3. The lowest BCUT2D eigenvalue weighted by Crippen LogP contribution is -2.44. The van der Waals surface area contributed by atoms with Crippen LogP contribution in [0.15, 0.2) is 33.7 Å². The molecule has 1 aliphatic carbocycles.